The molecule has 0 bridgehead atoms. The zero-order chi connectivity index (χ0) is 12.4. The number of amides is 1. The number of carboxylic acids is 1. The van der Waals surface area contributed by atoms with Crippen LogP contribution in [0.1, 0.15) is 23.7 Å². The van der Waals surface area contributed by atoms with Gasteiger partial charge >= 0.3 is 5.97 Å². The van der Waals surface area contributed by atoms with Crippen LogP contribution in [0.15, 0.2) is 23.0 Å². The van der Waals surface area contributed by atoms with E-state index in [1.165, 1.54) is 12.5 Å². The van der Waals surface area contributed by atoms with Crippen LogP contribution in [0.5, 0.6) is 0 Å². The minimum Gasteiger partial charge on any atom is -0.481 e. The maximum Gasteiger partial charge on any atom is 0.308 e. The van der Waals surface area contributed by atoms with Gasteiger partial charge in [-0.05, 0) is 18.4 Å². The first-order valence-electron chi connectivity index (χ1n) is 5.62. The molecule has 2 rings (SSSR count). The summed E-state index contributed by atoms with van der Waals surface area (Å²) in [5.74, 6) is -1.24. The van der Waals surface area contributed by atoms with Crippen LogP contribution in [0.3, 0.4) is 0 Å². The zero-order valence-corrected chi connectivity index (χ0v) is 9.63. The minimum absolute atomic E-state index is 0.156. The van der Waals surface area contributed by atoms with E-state index in [-0.39, 0.29) is 18.4 Å². The van der Waals surface area contributed by atoms with Crippen molar-refractivity contribution in [2.45, 2.75) is 13.3 Å². The molecule has 0 aliphatic carbocycles. The number of carbonyl (C=O) groups excluding carboxylic acids is 1. The predicted octanol–water partition coefficient (Wildman–Crippen LogP) is 1.46. The molecule has 1 amide bonds. The molecule has 2 heterocycles. The Balaban J connectivity index is 2.10. The lowest BCUT2D eigenvalue weighted by Gasteiger charge is -2.34. The van der Waals surface area contributed by atoms with Crippen molar-refractivity contribution in [1.29, 1.82) is 0 Å². The van der Waals surface area contributed by atoms with Gasteiger partial charge < -0.3 is 14.4 Å². The van der Waals surface area contributed by atoms with Crippen LogP contribution >= 0.6 is 0 Å². The van der Waals surface area contributed by atoms with Gasteiger partial charge in [-0.3, -0.25) is 9.59 Å². The Hall–Kier alpha value is -1.78. The lowest BCUT2D eigenvalue weighted by molar-refractivity contribution is -0.143. The zero-order valence-electron chi connectivity index (χ0n) is 9.63. The van der Waals surface area contributed by atoms with Crippen molar-refractivity contribution in [3.63, 3.8) is 0 Å². The summed E-state index contributed by atoms with van der Waals surface area (Å²) in [7, 11) is 0. The third-order valence-corrected chi connectivity index (χ3v) is 3.06. The molecule has 0 aromatic carbocycles. The molecule has 5 heteroatoms. The average Bonchev–Trinajstić information content (AvgIpc) is 2.80. The number of hydrogen-bond acceptors (Lipinski definition) is 3. The molecule has 92 valence electrons. The lowest BCUT2D eigenvalue weighted by atomic mass is 9.90. The van der Waals surface area contributed by atoms with Crippen LogP contribution < -0.4 is 0 Å². The normalized spacial score (nSPS) is 24.6. The monoisotopic (exact) mass is 237 g/mol. The van der Waals surface area contributed by atoms with Gasteiger partial charge in [0.05, 0.1) is 17.7 Å². The molecule has 1 aromatic heterocycles. The Morgan fingerprint density at radius 3 is 2.82 bits per heavy atom. The molecule has 1 N–H and O–H groups in total. The second-order valence-corrected chi connectivity index (χ2v) is 4.60. The van der Waals surface area contributed by atoms with Gasteiger partial charge in [0.2, 0.25) is 0 Å². The first-order chi connectivity index (χ1) is 8.08. The maximum atomic E-state index is 12.0. The predicted molar refractivity (Wildman–Crippen MR) is 59.5 cm³/mol. The highest BCUT2D eigenvalue weighted by Gasteiger charge is 2.32. The fraction of sp³-hybridized carbons (Fsp3) is 0.500. The van der Waals surface area contributed by atoms with Crippen molar-refractivity contribution < 1.29 is 19.1 Å². The van der Waals surface area contributed by atoms with E-state index < -0.39 is 11.9 Å². The summed E-state index contributed by atoms with van der Waals surface area (Å²) in [4.78, 5) is 24.6. The Morgan fingerprint density at radius 2 is 2.24 bits per heavy atom. The highest BCUT2D eigenvalue weighted by atomic mass is 16.4. The van der Waals surface area contributed by atoms with Gasteiger partial charge in [-0.2, -0.15) is 0 Å². The van der Waals surface area contributed by atoms with Crippen LogP contribution in [0.4, 0.5) is 0 Å². The fourth-order valence-electron chi connectivity index (χ4n) is 2.27. The quantitative estimate of drug-likeness (QED) is 0.845. The number of aliphatic carboxylic acids is 1. The van der Waals surface area contributed by atoms with Gasteiger partial charge in [0.1, 0.15) is 6.26 Å². The number of piperidine rings is 1. The first-order valence-corrected chi connectivity index (χ1v) is 5.62. The largest absolute Gasteiger partial charge is 0.481 e. The summed E-state index contributed by atoms with van der Waals surface area (Å²) in [6.45, 7) is 2.85. The number of furan rings is 1. The van der Waals surface area contributed by atoms with Gasteiger partial charge in [-0.25, -0.2) is 0 Å². The van der Waals surface area contributed by atoms with E-state index in [0.29, 0.717) is 18.5 Å². The van der Waals surface area contributed by atoms with Crippen molar-refractivity contribution in [2.75, 3.05) is 13.1 Å². The third-order valence-electron chi connectivity index (χ3n) is 3.06. The van der Waals surface area contributed by atoms with E-state index in [1.807, 2.05) is 6.92 Å². The van der Waals surface area contributed by atoms with Gasteiger partial charge in [0.15, 0.2) is 0 Å². The smallest absolute Gasteiger partial charge is 0.308 e. The number of rotatable bonds is 2. The third kappa shape index (κ3) is 2.49. The second-order valence-electron chi connectivity index (χ2n) is 4.60. The number of hydrogen-bond donors (Lipinski definition) is 1. The molecule has 2 unspecified atom stereocenters. The van der Waals surface area contributed by atoms with E-state index in [0.717, 1.165) is 0 Å². The van der Waals surface area contributed by atoms with Crippen molar-refractivity contribution >= 4 is 11.9 Å². The summed E-state index contributed by atoms with van der Waals surface area (Å²) in [5, 5.41) is 9.03. The number of nitrogens with zero attached hydrogens (tertiary/aromatic N) is 1. The van der Waals surface area contributed by atoms with Crippen molar-refractivity contribution in [2.24, 2.45) is 11.8 Å². The second kappa shape index (κ2) is 4.61. The van der Waals surface area contributed by atoms with Crippen LogP contribution in [-0.4, -0.2) is 35.0 Å². The molecule has 1 aliphatic rings. The van der Waals surface area contributed by atoms with Crippen LogP contribution in [-0.2, 0) is 4.79 Å². The summed E-state index contributed by atoms with van der Waals surface area (Å²) in [6, 6.07) is 1.59. The van der Waals surface area contributed by atoms with Crippen molar-refractivity contribution in [3.8, 4) is 0 Å². The first kappa shape index (κ1) is 11.7. The average molecular weight is 237 g/mol. The molecule has 1 saturated heterocycles. The number of carboxylic acid groups (broad SMARTS) is 1. The Kier molecular flexibility index (Phi) is 3.17. The molecule has 1 aliphatic heterocycles. The standard InChI is InChI=1S/C12H15NO4/c1-8-4-10(12(15)16)6-13(5-8)11(14)9-2-3-17-7-9/h2-3,7-8,10H,4-6H2,1H3,(H,15,16). The number of likely N-dealkylation sites (tertiary alicyclic amines) is 1. The van der Waals surface area contributed by atoms with E-state index in [1.54, 1.807) is 11.0 Å². The molecular formula is C12H15NO4. The topological polar surface area (TPSA) is 70.8 Å². The fourth-order valence-corrected chi connectivity index (χ4v) is 2.27. The van der Waals surface area contributed by atoms with Gasteiger partial charge in [0.25, 0.3) is 5.91 Å². The van der Waals surface area contributed by atoms with Crippen molar-refractivity contribution in [1.82, 2.24) is 4.90 Å². The summed E-state index contributed by atoms with van der Waals surface area (Å²) in [5.41, 5.74) is 0.475. The van der Waals surface area contributed by atoms with E-state index in [4.69, 9.17) is 9.52 Å². The molecule has 2 atom stereocenters. The van der Waals surface area contributed by atoms with E-state index >= 15 is 0 Å². The van der Waals surface area contributed by atoms with Gasteiger partial charge in [0, 0.05) is 13.1 Å². The molecule has 1 fully saturated rings. The maximum absolute atomic E-state index is 12.0. The molecule has 1 aromatic rings. The molecule has 17 heavy (non-hydrogen) atoms. The van der Waals surface area contributed by atoms with Crippen LogP contribution in [0.2, 0.25) is 0 Å². The van der Waals surface area contributed by atoms with Crippen LogP contribution in [0.25, 0.3) is 0 Å². The molecule has 5 nitrogen and oxygen atoms in total. The highest BCUT2D eigenvalue weighted by molar-refractivity contribution is 5.94. The minimum atomic E-state index is -0.832. The highest BCUT2D eigenvalue weighted by Crippen LogP contribution is 2.23. The Bertz CT molecular complexity index is 412. The Morgan fingerprint density at radius 1 is 1.47 bits per heavy atom. The summed E-state index contributed by atoms with van der Waals surface area (Å²) >= 11 is 0. The summed E-state index contributed by atoms with van der Waals surface area (Å²) < 4.78 is 4.86. The SMILES string of the molecule is CC1CC(C(=O)O)CN(C(=O)c2ccoc2)C1. The van der Waals surface area contributed by atoms with E-state index in [9.17, 15) is 9.59 Å². The lowest BCUT2D eigenvalue weighted by Crippen LogP contribution is -2.45. The van der Waals surface area contributed by atoms with Crippen LogP contribution in [0, 0.1) is 11.8 Å². The van der Waals surface area contributed by atoms with Crippen molar-refractivity contribution in [3.05, 3.63) is 24.2 Å². The van der Waals surface area contributed by atoms with Gasteiger partial charge in [-0.1, -0.05) is 6.92 Å². The molecular weight excluding hydrogens is 222 g/mol. The van der Waals surface area contributed by atoms with Gasteiger partial charge in [-0.15, -0.1) is 0 Å². The molecule has 0 spiro atoms. The Labute approximate surface area is 99.0 Å². The number of carbonyl (C=O) groups is 2. The van der Waals surface area contributed by atoms with E-state index in [2.05, 4.69) is 0 Å². The molecule has 0 radical (unpaired) electrons. The molecule has 0 saturated carbocycles. The summed E-state index contributed by atoms with van der Waals surface area (Å²) in [6.07, 6.45) is 3.46.